The molecule has 0 aliphatic rings. The molecule has 0 aliphatic carbocycles. The molecule has 90 valence electrons. The fourth-order valence-electron chi connectivity index (χ4n) is 2.12. The lowest BCUT2D eigenvalue weighted by Crippen LogP contribution is -2.02. The molecule has 3 aromatic rings. The van der Waals surface area contributed by atoms with Gasteiger partial charge in [0.1, 0.15) is 0 Å². The number of imidazole rings is 1. The number of benzene rings is 1. The van der Waals surface area contributed by atoms with E-state index >= 15 is 0 Å². The van der Waals surface area contributed by atoms with Crippen molar-refractivity contribution >= 4 is 5.65 Å². The number of aromatic nitrogens is 2. The molecule has 0 saturated carbocycles. The van der Waals surface area contributed by atoms with Crippen molar-refractivity contribution in [3.63, 3.8) is 0 Å². The molecule has 0 amide bonds. The molecule has 3 N–H and O–H groups in total. The molecule has 4 nitrogen and oxygen atoms in total. The van der Waals surface area contributed by atoms with Gasteiger partial charge in [-0.2, -0.15) is 0 Å². The number of nitrogens with zero attached hydrogens (tertiary/aromatic N) is 2. The lowest BCUT2D eigenvalue weighted by atomic mass is 10.1. The van der Waals surface area contributed by atoms with Crippen molar-refractivity contribution in [2.75, 3.05) is 0 Å². The lowest BCUT2D eigenvalue weighted by molar-refractivity contribution is 0.477. The van der Waals surface area contributed by atoms with Gasteiger partial charge in [0, 0.05) is 18.3 Å². The maximum atomic E-state index is 9.83. The predicted octanol–water partition coefficient (Wildman–Crippen LogP) is 2.17. The molecule has 0 radical (unpaired) electrons. The number of hydrogen-bond acceptors (Lipinski definition) is 3. The van der Waals surface area contributed by atoms with Crippen LogP contribution in [-0.2, 0) is 6.54 Å². The third-order valence-electron chi connectivity index (χ3n) is 2.97. The van der Waals surface area contributed by atoms with Crippen molar-refractivity contribution in [1.82, 2.24) is 9.38 Å². The highest BCUT2D eigenvalue weighted by atomic mass is 16.3. The van der Waals surface area contributed by atoms with E-state index < -0.39 is 0 Å². The zero-order valence-electron chi connectivity index (χ0n) is 9.74. The van der Waals surface area contributed by atoms with E-state index in [2.05, 4.69) is 4.98 Å². The average Bonchev–Trinajstić information content (AvgIpc) is 2.80. The summed E-state index contributed by atoms with van der Waals surface area (Å²) < 4.78 is 1.83. The van der Waals surface area contributed by atoms with E-state index in [1.165, 1.54) is 0 Å². The second-order valence-corrected chi connectivity index (χ2v) is 4.06. The fourth-order valence-corrected chi connectivity index (χ4v) is 2.12. The maximum absolute atomic E-state index is 9.83. The minimum absolute atomic E-state index is 0.161. The molecule has 2 heterocycles. The van der Waals surface area contributed by atoms with Gasteiger partial charge in [-0.1, -0.05) is 30.3 Å². The van der Waals surface area contributed by atoms with Crippen LogP contribution < -0.4 is 5.73 Å². The Balaban J connectivity index is 2.33. The van der Waals surface area contributed by atoms with Gasteiger partial charge in [0.2, 0.25) is 0 Å². The first-order valence-corrected chi connectivity index (χ1v) is 5.75. The Labute approximate surface area is 104 Å². The van der Waals surface area contributed by atoms with E-state index in [4.69, 9.17) is 5.73 Å². The zero-order valence-corrected chi connectivity index (χ0v) is 9.74. The van der Waals surface area contributed by atoms with Gasteiger partial charge in [-0.05, 0) is 12.1 Å². The average molecular weight is 239 g/mol. The van der Waals surface area contributed by atoms with Crippen LogP contribution in [0.5, 0.6) is 5.75 Å². The van der Waals surface area contributed by atoms with Crippen LogP contribution in [0.25, 0.3) is 16.9 Å². The van der Waals surface area contributed by atoms with Crippen molar-refractivity contribution in [3.05, 3.63) is 54.4 Å². The summed E-state index contributed by atoms with van der Waals surface area (Å²) in [6, 6.07) is 13.2. The summed E-state index contributed by atoms with van der Waals surface area (Å²) in [7, 11) is 0. The van der Waals surface area contributed by atoms with Gasteiger partial charge < -0.3 is 10.8 Å². The van der Waals surface area contributed by atoms with Crippen LogP contribution in [0.2, 0.25) is 0 Å². The standard InChI is InChI=1S/C14H13N3O/c15-9-11-13(10-5-2-1-3-6-10)16-14-12(18)7-4-8-17(11)14/h1-8,18H,9,15H2. The molecule has 0 aliphatic heterocycles. The number of hydrogen-bond donors (Lipinski definition) is 2. The number of fused-ring (bicyclic) bond motifs is 1. The van der Waals surface area contributed by atoms with E-state index in [-0.39, 0.29) is 5.75 Å². The molecular weight excluding hydrogens is 226 g/mol. The molecule has 18 heavy (non-hydrogen) atoms. The summed E-state index contributed by atoms with van der Waals surface area (Å²) in [4.78, 5) is 4.49. The van der Waals surface area contributed by atoms with Gasteiger partial charge >= 0.3 is 0 Å². The first-order chi connectivity index (χ1) is 8.81. The van der Waals surface area contributed by atoms with Crippen molar-refractivity contribution in [3.8, 4) is 17.0 Å². The molecule has 0 unspecified atom stereocenters. The maximum Gasteiger partial charge on any atom is 0.180 e. The van der Waals surface area contributed by atoms with Crippen LogP contribution in [0.15, 0.2) is 48.7 Å². The molecule has 1 aromatic carbocycles. The molecule has 0 fully saturated rings. The highest BCUT2D eigenvalue weighted by Crippen LogP contribution is 2.27. The monoisotopic (exact) mass is 239 g/mol. The fraction of sp³-hybridized carbons (Fsp3) is 0.0714. The summed E-state index contributed by atoms with van der Waals surface area (Å²) in [6.07, 6.45) is 1.86. The summed E-state index contributed by atoms with van der Waals surface area (Å²) >= 11 is 0. The summed E-state index contributed by atoms with van der Waals surface area (Å²) in [5.41, 5.74) is 9.06. The van der Waals surface area contributed by atoms with Crippen molar-refractivity contribution in [2.24, 2.45) is 5.73 Å². The quantitative estimate of drug-likeness (QED) is 0.720. The van der Waals surface area contributed by atoms with Crippen LogP contribution >= 0.6 is 0 Å². The molecule has 2 aromatic heterocycles. The Kier molecular flexibility index (Phi) is 2.50. The Morgan fingerprint density at radius 1 is 1.11 bits per heavy atom. The molecular formula is C14H13N3O. The summed E-state index contributed by atoms with van der Waals surface area (Å²) in [5, 5.41) is 9.83. The van der Waals surface area contributed by atoms with Crippen LogP contribution in [0.1, 0.15) is 5.69 Å². The Morgan fingerprint density at radius 3 is 2.61 bits per heavy atom. The number of rotatable bonds is 2. The van der Waals surface area contributed by atoms with Gasteiger partial charge in [-0.25, -0.2) is 4.98 Å². The van der Waals surface area contributed by atoms with Gasteiger partial charge in [0.25, 0.3) is 0 Å². The van der Waals surface area contributed by atoms with Gasteiger partial charge in [0.15, 0.2) is 11.4 Å². The molecule has 0 bridgehead atoms. The SMILES string of the molecule is NCc1c(-c2ccccc2)nc2c(O)cccn12. The predicted molar refractivity (Wildman–Crippen MR) is 70.2 cm³/mol. The Hall–Kier alpha value is -2.33. The largest absolute Gasteiger partial charge is 0.504 e. The second-order valence-electron chi connectivity index (χ2n) is 4.06. The minimum atomic E-state index is 0.161. The van der Waals surface area contributed by atoms with Gasteiger partial charge in [-0.3, -0.25) is 4.40 Å². The number of nitrogens with two attached hydrogens (primary N) is 1. The van der Waals surface area contributed by atoms with E-state index in [0.29, 0.717) is 12.2 Å². The zero-order chi connectivity index (χ0) is 12.5. The highest BCUT2D eigenvalue weighted by molar-refractivity contribution is 5.69. The van der Waals surface area contributed by atoms with Crippen molar-refractivity contribution in [1.29, 1.82) is 0 Å². The first-order valence-electron chi connectivity index (χ1n) is 5.75. The van der Waals surface area contributed by atoms with Crippen LogP contribution in [0.4, 0.5) is 0 Å². The molecule has 0 spiro atoms. The minimum Gasteiger partial charge on any atom is -0.504 e. The van der Waals surface area contributed by atoms with E-state index in [1.807, 2.05) is 40.9 Å². The lowest BCUT2D eigenvalue weighted by Gasteiger charge is -2.02. The second kappa shape index (κ2) is 4.16. The topological polar surface area (TPSA) is 63.5 Å². The van der Waals surface area contributed by atoms with Crippen LogP contribution in [0, 0.1) is 0 Å². The van der Waals surface area contributed by atoms with E-state index in [0.717, 1.165) is 17.0 Å². The molecule has 3 rings (SSSR count). The molecule has 0 saturated heterocycles. The highest BCUT2D eigenvalue weighted by Gasteiger charge is 2.14. The van der Waals surface area contributed by atoms with E-state index in [9.17, 15) is 5.11 Å². The molecule has 4 heteroatoms. The van der Waals surface area contributed by atoms with Gasteiger partial charge in [0.05, 0.1) is 11.4 Å². The normalized spacial score (nSPS) is 10.9. The summed E-state index contributed by atoms with van der Waals surface area (Å²) in [5.74, 6) is 0.161. The third-order valence-corrected chi connectivity index (χ3v) is 2.97. The van der Waals surface area contributed by atoms with Gasteiger partial charge in [-0.15, -0.1) is 0 Å². The third kappa shape index (κ3) is 1.55. The number of aromatic hydroxyl groups is 1. The molecule has 0 atom stereocenters. The Morgan fingerprint density at radius 2 is 1.89 bits per heavy atom. The Bertz CT molecular complexity index is 689. The van der Waals surface area contributed by atoms with Crippen molar-refractivity contribution in [2.45, 2.75) is 6.54 Å². The smallest absolute Gasteiger partial charge is 0.180 e. The van der Waals surface area contributed by atoms with Crippen LogP contribution in [0.3, 0.4) is 0 Å². The van der Waals surface area contributed by atoms with E-state index in [1.54, 1.807) is 12.1 Å². The number of pyridine rings is 1. The van der Waals surface area contributed by atoms with Crippen LogP contribution in [-0.4, -0.2) is 14.5 Å². The summed E-state index contributed by atoms with van der Waals surface area (Å²) in [6.45, 7) is 0.370. The first kappa shape index (κ1) is 10.8. The van der Waals surface area contributed by atoms with Crippen molar-refractivity contribution < 1.29 is 5.11 Å².